The number of amides is 1. The fraction of sp³-hybridized carbons (Fsp3) is 0.125. The third-order valence-electron chi connectivity index (χ3n) is 3.40. The molecule has 1 aromatic heterocycles. The van der Waals surface area contributed by atoms with Crippen molar-refractivity contribution in [2.75, 3.05) is 5.32 Å². The summed E-state index contributed by atoms with van der Waals surface area (Å²) in [6.07, 6.45) is 0.673. The lowest BCUT2D eigenvalue weighted by atomic mass is 10.2. The number of aryl methyl sites for hydroxylation is 1. The average molecular weight is 407 g/mol. The smallest absolute Gasteiger partial charge is 0.257 e. The lowest BCUT2D eigenvalue weighted by molar-refractivity contribution is 0.102. The zero-order valence-corrected chi connectivity index (χ0v) is 15.0. The summed E-state index contributed by atoms with van der Waals surface area (Å²) < 4.78 is 2.39. The first-order chi connectivity index (χ1) is 11.6. The molecule has 6 nitrogen and oxygen atoms in total. The molecule has 0 atom stereocenters. The Hall–Kier alpha value is -2.25. The van der Waals surface area contributed by atoms with E-state index in [1.807, 2.05) is 25.1 Å². The number of rotatable bonds is 4. The molecular weight excluding hydrogens is 394 g/mol. The molecule has 3 aromatic rings. The zero-order chi connectivity index (χ0) is 17.1. The van der Waals surface area contributed by atoms with Crippen LogP contribution in [0.2, 0.25) is 5.02 Å². The maximum absolute atomic E-state index is 12.6. The lowest BCUT2D eigenvalue weighted by Gasteiger charge is -2.12. The minimum atomic E-state index is -0.306. The molecule has 0 unspecified atom stereocenters. The van der Waals surface area contributed by atoms with Crippen molar-refractivity contribution in [2.45, 2.75) is 13.3 Å². The van der Waals surface area contributed by atoms with Crippen molar-refractivity contribution < 1.29 is 4.79 Å². The molecule has 0 saturated carbocycles. The minimum absolute atomic E-state index is 0.306. The highest BCUT2D eigenvalue weighted by Gasteiger charge is 2.15. The van der Waals surface area contributed by atoms with Crippen LogP contribution in [0.25, 0.3) is 5.69 Å². The van der Waals surface area contributed by atoms with Crippen LogP contribution in [-0.2, 0) is 6.42 Å². The Morgan fingerprint density at radius 3 is 2.88 bits per heavy atom. The Labute approximate surface area is 152 Å². The van der Waals surface area contributed by atoms with E-state index < -0.39 is 0 Å². The Morgan fingerprint density at radius 1 is 1.29 bits per heavy atom. The normalized spacial score (nSPS) is 10.6. The molecule has 0 fully saturated rings. The standard InChI is InChI=1S/C16H13BrClN5O/c1-2-15-20-21-22-23(15)14-6-4-3-5-13(14)19-16(24)11-9-10(17)7-8-12(11)18/h3-9H,2H2,1H3,(H,19,24). The van der Waals surface area contributed by atoms with Crippen molar-refractivity contribution in [1.29, 1.82) is 0 Å². The van der Waals surface area contributed by atoms with E-state index in [4.69, 9.17) is 11.6 Å². The van der Waals surface area contributed by atoms with Crippen LogP contribution in [0, 0.1) is 0 Å². The summed E-state index contributed by atoms with van der Waals surface area (Å²) in [5.74, 6) is 0.400. The summed E-state index contributed by atoms with van der Waals surface area (Å²) in [6, 6.07) is 12.4. The van der Waals surface area contributed by atoms with Crippen LogP contribution < -0.4 is 5.32 Å². The van der Waals surface area contributed by atoms with Crippen LogP contribution in [-0.4, -0.2) is 26.1 Å². The van der Waals surface area contributed by atoms with Gasteiger partial charge in [-0.05, 0) is 40.8 Å². The maximum Gasteiger partial charge on any atom is 0.257 e. The van der Waals surface area contributed by atoms with E-state index in [1.165, 1.54) is 0 Å². The van der Waals surface area contributed by atoms with E-state index in [2.05, 4.69) is 36.8 Å². The van der Waals surface area contributed by atoms with Gasteiger partial charge in [-0.1, -0.05) is 46.6 Å². The maximum atomic E-state index is 12.6. The van der Waals surface area contributed by atoms with Gasteiger partial charge in [-0.2, -0.15) is 4.68 Å². The molecule has 0 saturated heterocycles. The number of nitrogens with one attached hydrogen (secondary N) is 1. The van der Waals surface area contributed by atoms with Crippen LogP contribution in [0.15, 0.2) is 46.9 Å². The minimum Gasteiger partial charge on any atom is -0.320 e. The average Bonchev–Trinajstić information content (AvgIpc) is 3.06. The van der Waals surface area contributed by atoms with E-state index in [0.29, 0.717) is 34.2 Å². The van der Waals surface area contributed by atoms with Gasteiger partial charge in [0.2, 0.25) is 0 Å². The Bertz CT molecular complexity index is 896. The van der Waals surface area contributed by atoms with Gasteiger partial charge in [-0.25, -0.2) is 0 Å². The highest BCUT2D eigenvalue weighted by molar-refractivity contribution is 9.10. The second kappa shape index (κ2) is 7.11. The summed E-state index contributed by atoms with van der Waals surface area (Å²) >= 11 is 9.47. The van der Waals surface area contributed by atoms with Crippen LogP contribution in [0.3, 0.4) is 0 Å². The summed E-state index contributed by atoms with van der Waals surface area (Å²) in [5.41, 5.74) is 1.67. The molecule has 1 heterocycles. The number of halogens is 2. The van der Waals surface area contributed by atoms with Gasteiger partial charge in [0, 0.05) is 10.9 Å². The highest BCUT2D eigenvalue weighted by Crippen LogP contribution is 2.24. The third kappa shape index (κ3) is 3.32. The first kappa shape index (κ1) is 16.6. The first-order valence-electron chi connectivity index (χ1n) is 7.23. The summed E-state index contributed by atoms with van der Waals surface area (Å²) in [6.45, 7) is 1.96. The van der Waals surface area contributed by atoms with Crippen molar-refractivity contribution >= 4 is 39.1 Å². The molecular formula is C16H13BrClN5O. The number of anilines is 1. The van der Waals surface area contributed by atoms with Gasteiger partial charge in [0.05, 0.1) is 22.0 Å². The molecule has 122 valence electrons. The third-order valence-corrected chi connectivity index (χ3v) is 4.23. The number of aromatic nitrogens is 4. The number of carbonyl (C=O) groups excluding carboxylic acids is 1. The molecule has 24 heavy (non-hydrogen) atoms. The fourth-order valence-electron chi connectivity index (χ4n) is 2.24. The Balaban J connectivity index is 1.97. The molecule has 0 aliphatic heterocycles. The van der Waals surface area contributed by atoms with E-state index in [0.717, 1.165) is 4.47 Å². The van der Waals surface area contributed by atoms with Gasteiger partial charge in [0.1, 0.15) is 0 Å². The summed E-state index contributed by atoms with van der Waals surface area (Å²) in [4.78, 5) is 12.6. The second-order valence-electron chi connectivity index (χ2n) is 4.96. The van der Waals surface area contributed by atoms with Crippen LogP contribution in [0.5, 0.6) is 0 Å². The van der Waals surface area contributed by atoms with Gasteiger partial charge in [0.25, 0.3) is 5.91 Å². The molecule has 3 rings (SSSR count). The van der Waals surface area contributed by atoms with Crippen LogP contribution >= 0.6 is 27.5 Å². The predicted octanol–water partition coefficient (Wildman–Crippen LogP) is 3.89. The van der Waals surface area contributed by atoms with Crippen molar-refractivity contribution in [3.05, 3.63) is 63.3 Å². The molecule has 2 aromatic carbocycles. The number of hydrogen-bond donors (Lipinski definition) is 1. The van der Waals surface area contributed by atoms with Gasteiger partial charge < -0.3 is 5.32 Å². The van der Waals surface area contributed by atoms with Gasteiger partial charge in [0.15, 0.2) is 5.82 Å². The molecule has 0 bridgehead atoms. The van der Waals surface area contributed by atoms with E-state index in [1.54, 1.807) is 28.9 Å². The molecule has 1 amide bonds. The van der Waals surface area contributed by atoms with Crippen LogP contribution in [0.4, 0.5) is 5.69 Å². The number of tetrazole rings is 1. The van der Waals surface area contributed by atoms with Crippen molar-refractivity contribution in [3.8, 4) is 5.69 Å². The molecule has 1 N–H and O–H groups in total. The molecule has 0 aliphatic rings. The number of carbonyl (C=O) groups is 1. The number of benzene rings is 2. The predicted molar refractivity (Wildman–Crippen MR) is 95.6 cm³/mol. The number of para-hydroxylation sites is 2. The SMILES string of the molecule is CCc1nnnn1-c1ccccc1NC(=O)c1cc(Br)ccc1Cl. The van der Waals surface area contributed by atoms with Gasteiger partial charge in [-0.15, -0.1) is 5.10 Å². The topological polar surface area (TPSA) is 72.7 Å². The molecule has 0 radical (unpaired) electrons. The summed E-state index contributed by atoms with van der Waals surface area (Å²) in [7, 11) is 0. The lowest BCUT2D eigenvalue weighted by Crippen LogP contribution is -2.15. The second-order valence-corrected chi connectivity index (χ2v) is 6.28. The van der Waals surface area contributed by atoms with Gasteiger partial charge >= 0.3 is 0 Å². The Kier molecular flexibility index (Phi) is 4.92. The van der Waals surface area contributed by atoms with E-state index >= 15 is 0 Å². The summed E-state index contributed by atoms with van der Waals surface area (Å²) in [5, 5.41) is 14.9. The molecule has 0 spiro atoms. The van der Waals surface area contributed by atoms with Crippen LogP contribution in [0.1, 0.15) is 23.1 Å². The highest BCUT2D eigenvalue weighted by atomic mass is 79.9. The monoisotopic (exact) mass is 405 g/mol. The van der Waals surface area contributed by atoms with Gasteiger partial charge in [-0.3, -0.25) is 4.79 Å². The largest absolute Gasteiger partial charge is 0.320 e. The fourth-order valence-corrected chi connectivity index (χ4v) is 2.80. The number of nitrogens with zero attached hydrogens (tertiary/aromatic N) is 4. The first-order valence-corrected chi connectivity index (χ1v) is 8.40. The van der Waals surface area contributed by atoms with E-state index in [9.17, 15) is 4.79 Å². The van der Waals surface area contributed by atoms with E-state index in [-0.39, 0.29) is 5.91 Å². The number of hydrogen-bond acceptors (Lipinski definition) is 4. The van der Waals surface area contributed by atoms with Crippen molar-refractivity contribution in [1.82, 2.24) is 20.2 Å². The zero-order valence-electron chi connectivity index (χ0n) is 12.7. The molecule has 8 heteroatoms. The van der Waals surface area contributed by atoms with Crippen molar-refractivity contribution in [3.63, 3.8) is 0 Å². The van der Waals surface area contributed by atoms with Crippen molar-refractivity contribution in [2.24, 2.45) is 0 Å². The molecule has 0 aliphatic carbocycles. The Morgan fingerprint density at radius 2 is 2.08 bits per heavy atom. The quantitative estimate of drug-likeness (QED) is 0.713.